The van der Waals surface area contributed by atoms with Crippen molar-refractivity contribution >= 4 is 5.97 Å². The molecule has 0 spiro atoms. The summed E-state index contributed by atoms with van der Waals surface area (Å²) in [7, 11) is 0. The van der Waals surface area contributed by atoms with E-state index in [0.29, 0.717) is 6.61 Å². The van der Waals surface area contributed by atoms with Gasteiger partial charge in [-0.2, -0.15) is 0 Å². The van der Waals surface area contributed by atoms with Crippen LogP contribution >= 0.6 is 0 Å². The SMILES string of the molecule is CCOC(=O)C(c1ccccc1)(c1ccccc1)C1C=CCN1. The minimum absolute atomic E-state index is 0.133. The molecule has 3 heteroatoms. The Balaban J connectivity index is 2.25. The van der Waals surface area contributed by atoms with E-state index >= 15 is 0 Å². The van der Waals surface area contributed by atoms with E-state index in [0.717, 1.165) is 17.7 Å². The second-order valence-corrected chi connectivity index (χ2v) is 5.57. The first-order chi connectivity index (χ1) is 11.3. The highest BCUT2D eigenvalue weighted by Gasteiger charge is 2.49. The number of carbonyl (C=O) groups excluding carboxylic acids is 1. The van der Waals surface area contributed by atoms with Gasteiger partial charge in [0.05, 0.1) is 6.61 Å². The highest BCUT2D eigenvalue weighted by Crippen LogP contribution is 2.38. The lowest BCUT2D eigenvalue weighted by atomic mass is 9.69. The maximum atomic E-state index is 13.2. The van der Waals surface area contributed by atoms with Gasteiger partial charge in [-0.1, -0.05) is 72.8 Å². The molecule has 0 saturated heterocycles. The normalized spacial score (nSPS) is 17.2. The molecule has 1 aliphatic rings. The first-order valence-corrected chi connectivity index (χ1v) is 7.98. The summed E-state index contributed by atoms with van der Waals surface area (Å²) in [5, 5.41) is 3.42. The van der Waals surface area contributed by atoms with Gasteiger partial charge in [-0.05, 0) is 18.1 Å². The molecule has 1 N–H and O–H groups in total. The summed E-state index contributed by atoms with van der Waals surface area (Å²) in [5.41, 5.74) is 0.994. The van der Waals surface area contributed by atoms with Gasteiger partial charge in [0.15, 0.2) is 0 Å². The number of rotatable bonds is 5. The number of carbonyl (C=O) groups is 1. The smallest absolute Gasteiger partial charge is 0.323 e. The highest BCUT2D eigenvalue weighted by molar-refractivity contribution is 5.89. The van der Waals surface area contributed by atoms with Crippen molar-refractivity contribution in [1.29, 1.82) is 0 Å². The van der Waals surface area contributed by atoms with Crippen molar-refractivity contribution in [2.75, 3.05) is 13.2 Å². The van der Waals surface area contributed by atoms with Gasteiger partial charge in [0, 0.05) is 12.6 Å². The average molecular weight is 307 g/mol. The molecule has 2 aromatic rings. The van der Waals surface area contributed by atoms with Crippen LogP contribution in [0, 0.1) is 0 Å². The van der Waals surface area contributed by atoms with Crippen LogP contribution in [0.3, 0.4) is 0 Å². The van der Waals surface area contributed by atoms with E-state index < -0.39 is 5.41 Å². The minimum Gasteiger partial charge on any atom is -0.465 e. The Morgan fingerprint density at radius 1 is 1.09 bits per heavy atom. The van der Waals surface area contributed by atoms with Crippen molar-refractivity contribution in [3.8, 4) is 0 Å². The monoisotopic (exact) mass is 307 g/mol. The number of esters is 1. The molecule has 1 unspecified atom stereocenters. The Kier molecular flexibility index (Phi) is 4.58. The number of benzene rings is 2. The molecule has 0 saturated carbocycles. The van der Waals surface area contributed by atoms with E-state index in [-0.39, 0.29) is 12.0 Å². The van der Waals surface area contributed by atoms with Crippen molar-refractivity contribution in [3.63, 3.8) is 0 Å². The van der Waals surface area contributed by atoms with Crippen molar-refractivity contribution in [3.05, 3.63) is 83.9 Å². The lowest BCUT2D eigenvalue weighted by molar-refractivity contribution is -0.149. The third kappa shape index (κ3) is 2.68. The lowest BCUT2D eigenvalue weighted by Crippen LogP contribution is -2.52. The largest absolute Gasteiger partial charge is 0.465 e. The van der Waals surface area contributed by atoms with Gasteiger partial charge in [0.2, 0.25) is 0 Å². The summed E-state index contributed by atoms with van der Waals surface area (Å²) in [6.45, 7) is 2.96. The molecule has 0 bridgehead atoms. The van der Waals surface area contributed by atoms with Crippen LogP contribution in [-0.4, -0.2) is 25.2 Å². The number of nitrogens with one attached hydrogen (secondary N) is 1. The van der Waals surface area contributed by atoms with Gasteiger partial charge >= 0.3 is 5.97 Å². The maximum absolute atomic E-state index is 13.2. The fraction of sp³-hybridized carbons (Fsp3) is 0.250. The van der Waals surface area contributed by atoms with Crippen molar-refractivity contribution in [1.82, 2.24) is 5.32 Å². The second kappa shape index (κ2) is 6.80. The summed E-state index contributed by atoms with van der Waals surface area (Å²) in [6.07, 6.45) is 4.13. The zero-order valence-electron chi connectivity index (χ0n) is 13.2. The summed E-state index contributed by atoms with van der Waals surface area (Å²) in [5.74, 6) is -0.221. The molecule has 0 amide bonds. The van der Waals surface area contributed by atoms with Crippen molar-refractivity contribution in [2.45, 2.75) is 18.4 Å². The molecule has 0 radical (unpaired) electrons. The van der Waals surface area contributed by atoms with Gasteiger partial charge in [-0.3, -0.25) is 4.79 Å². The lowest BCUT2D eigenvalue weighted by Gasteiger charge is -2.37. The molecule has 0 aliphatic carbocycles. The molecule has 0 fully saturated rings. The first-order valence-electron chi connectivity index (χ1n) is 7.98. The maximum Gasteiger partial charge on any atom is 0.323 e. The van der Waals surface area contributed by atoms with E-state index in [1.165, 1.54) is 0 Å². The summed E-state index contributed by atoms with van der Waals surface area (Å²) in [4.78, 5) is 13.2. The second-order valence-electron chi connectivity index (χ2n) is 5.57. The average Bonchev–Trinajstić information content (AvgIpc) is 3.13. The molecule has 118 valence electrons. The highest BCUT2D eigenvalue weighted by atomic mass is 16.5. The molecule has 1 heterocycles. The zero-order chi connectivity index (χ0) is 16.1. The number of hydrogen-bond donors (Lipinski definition) is 1. The van der Waals surface area contributed by atoms with E-state index in [1.807, 2.05) is 67.6 Å². The fourth-order valence-electron chi connectivity index (χ4n) is 3.30. The molecule has 3 rings (SSSR count). The molecule has 1 atom stereocenters. The topological polar surface area (TPSA) is 38.3 Å². The van der Waals surface area contributed by atoms with Crippen LogP contribution in [0.15, 0.2) is 72.8 Å². The van der Waals surface area contributed by atoms with Crippen LogP contribution in [0.5, 0.6) is 0 Å². The van der Waals surface area contributed by atoms with Crippen LogP contribution in [0.2, 0.25) is 0 Å². The third-order valence-electron chi connectivity index (χ3n) is 4.31. The molecule has 23 heavy (non-hydrogen) atoms. The van der Waals surface area contributed by atoms with Crippen LogP contribution < -0.4 is 5.32 Å². The Hall–Kier alpha value is -2.39. The van der Waals surface area contributed by atoms with Crippen molar-refractivity contribution in [2.24, 2.45) is 0 Å². The Bertz CT molecular complexity index is 640. The first kappa shape index (κ1) is 15.5. The summed E-state index contributed by atoms with van der Waals surface area (Å²) >= 11 is 0. The molecule has 3 nitrogen and oxygen atoms in total. The minimum atomic E-state index is -0.883. The van der Waals surface area contributed by atoms with Crippen LogP contribution in [0.1, 0.15) is 18.1 Å². The van der Waals surface area contributed by atoms with E-state index in [2.05, 4.69) is 17.5 Å². The fourth-order valence-corrected chi connectivity index (χ4v) is 3.30. The van der Waals surface area contributed by atoms with Gasteiger partial charge in [-0.15, -0.1) is 0 Å². The van der Waals surface area contributed by atoms with Crippen LogP contribution in [0.4, 0.5) is 0 Å². The standard InChI is InChI=1S/C20H21NO2/c1-2-23-19(22)20(18-14-9-15-21-18,16-10-5-3-6-11-16)17-12-7-4-8-13-17/h3-14,18,21H,2,15H2,1H3. The predicted octanol–water partition coefficient (Wildman–Crippen LogP) is 3.06. The Morgan fingerprint density at radius 2 is 1.65 bits per heavy atom. The van der Waals surface area contributed by atoms with Gasteiger partial charge in [0.1, 0.15) is 5.41 Å². The Morgan fingerprint density at radius 3 is 2.09 bits per heavy atom. The summed E-state index contributed by atoms with van der Waals surface area (Å²) < 4.78 is 5.52. The van der Waals surface area contributed by atoms with Gasteiger partial charge in [-0.25, -0.2) is 0 Å². The zero-order valence-corrected chi connectivity index (χ0v) is 13.2. The molecule has 1 aliphatic heterocycles. The quantitative estimate of drug-likeness (QED) is 0.681. The van der Waals surface area contributed by atoms with Gasteiger partial charge in [0.25, 0.3) is 0 Å². The molecule has 0 aromatic heterocycles. The number of ether oxygens (including phenoxy) is 1. The molecular formula is C20H21NO2. The van der Waals surface area contributed by atoms with E-state index in [9.17, 15) is 4.79 Å². The molecule has 2 aromatic carbocycles. The van der Waals surface area contributed by atoms with Crippen LogP contribution in [-0.2, 0) is 14.9 Å². The van der Waals surface area contributed by atoms with Crippen molar-refractivity contribution < 1.29 is 9.53 Å². The van der Waals surface area contributed by atoms with E-state index in [4.69, 9.17) is 4.74 Å². The number of hydrogen-bond acceptors (Lipinski definition) is 3. The third-order valence-corrected chi connectivity index (χ3v) is 4.31. The van der Waals surface area contributed by atoms with Gasteiger partial charge < -0.3 is 10.1 Å². The van der Waals surface area contributed by atoms with E-state index in [1.54, 1.807) is 0 Å². The Labute approximate surface area is 137 Å². The summed E-state index contributed by atoms with van der Waals surface area (Å²) in [6, 6.07) is 19.6. The predicted molar refractivity (Wildman–Crippen MR) is 91.2 cm³/mol. The molecular weight excluding hydrogens is 286 g/mol. The van der Waals surface area contributed by atoms with Crippen LogP contribution in [0.25, 0.3) is 0 Å².